The summed E-state index contributed by atoms with van der Waals surface area (Å²) in [6.07, 6.45) is 6.85. The molecule has 0 fully saturated rings. The summed E-state index contributed by atoms with van der Waals surface area (Å²) < 4.78 is 0. The highest BCUT2D eigenvalue weighted by atomic mass is 15.2. The molecule has 0 atom stereocenters. The van der Waals surface area contributed by atoms with E-state index < -0.39 is 0 Å². The Balaban J connectivity index is 2.58. The Kier molecular flexibility index (Phi) is 9.03. The van der Waals surface area contributed by atoms with Crippen molar-refractivity contribution in [1.82, 2.24) is 15.6 Å². The lowest BCUT2D eigenvalue weighted by Crippen LogP contribution is -2.37. The molecule has 0 spiro atoms. The highest BCUT2D eigenvalue weighted by Gasteiger charge is 2.05. The SMILES string of the molecule is CCCCCCNC(=NCc1cccnc1N(C)C)NCC. The van der Waals surface area contributed by atoms with E-state index in [0.717, 1.165) is 30.4 Å². The van der Waals surface area contributed by atoms with Crippen LogP contribution in [0.1, 0.15) is 45.1 Å². The van der Waals surface area contributed by atoms with Gasteiger partial charge < -0.3 is 15.5 Å². The molecule has 2 N–H and O–H groups in total. The van der Waals surface area contributed by atoms with Gasteiger partial charge in [0.05, 0.1) is 6.54 Å². The van der Waals surface area contributed by atoms with Gasteiger partial charge in [0.15, 0.2) is 5.96 Å². The van der Waals surface area contributed by atoms with Crippen molar-refractivity contribution in [3.05, 3.63) is 23.9 Å². The first kappa shape index (κ1) is 18.3. The number of aliphatic imine (C=N–C) groups is 1. The first-order valence-electron chi connectivity index (χ1n) is 8.32. The Labute approximate surface area is 135 Å². The summed E-state index contributed by atoms with van der Waals surface area (Å²) >= 11 is 0. The third-order valence-corrected chi connectivity index (χ3v) is 3.37. The zero-order valence-electron chi connectivity index (χ0n) is 14.5. The molecule has 0 radical (unpaired) electrons. The van der Waals surface area contributed by atoms with Crippen LogP contribution in [-0.2, 0) is 6.54 Å². The van der Waals surface area contributed by atoms with Gasteiger partial charge in [-0.2, -0.15) is 0 Å². The maximum absolute atomic E-state index is 4.67. The monoisotopic (exact) mass is 305 g/mol. The van der Waals surface area contributed by atoms with E-state index in [9.17, 15) is 0 Å². The van der Waals surface area contributed by atoms with Crippen LogP contribution in [-0.4, -0.2) is 38.1 Å². The Morgan fingerprint density at radius 3 is 2.68 bits per heavy atom. The molecule has 22 heavy (non-hydrogen) atoms. The molecule has 0 saturated heterocycles. The largest absolute Gasteiger partial charge is 0.362 e. The van der Waals surface area contributed by atoms with Crippen molar-refractivity contribution in [1.29, 1.82) is 0 Å². The van der Waals surface area contributed by atoms with E-state index in [1.807, 2.05) is 31.3 Å². The van der Waals surface area contributed by atoms with E-state index in [2.05, 4.69) is 40.5 Å². The molecule has 0 saturated carbocycles. The fourth-order valence-electron chi connectivity index (χ4n) is 2.22. The third-order valence-electron chi connectivity index (χ3n) is 3.37. The number of nitrogens with one attached hydrogen (secondary N) is 2. The van der Waals surface area contributed by atoms with Gasteiger partial charge in [-0.15, -0.1) is 0 Å². The molecule has 1 heterocycles. The number of rotatable bonds is 9. The van der Waals surface area contributed by atoms with E-state index >= 15 is 0 Å². The Hall–Kier alpha value is -1.78. The van der Waals surface area contributed by atoms with Gasteiger partial charge in [-0.05, 0) is 19.4 Å². The second-order valence-corrected chi connectivity index (χ2v) is 5.56. The van der Waals surface area contributed by atoms with Crippen LogP contribution < -0.4 is 15.5 Å². The zero-order valence-corrected chi connectivity index (χ0v) is 14.5. The average Bonchev–Trinajstić information content (AvgIpc) is 2.52. The minimum atomic E-state index is 0.631. The number of hydrogen-bond donors (Lipinski definition) is 2. The van der Waals surface area contributed by atoms with Gasteiger partial charge in [0.2, 0.25) is 0 Å². The van der Waals surface area contributed by atoms with Crippen molar-refractivity contribution in [3.63, 3.8) is 0 Å². The van der Waals surface area contributed by atoms with Gasteiger partial charge in [0, 0.05) is 38.9 Å². The quantitative estimate of drug-likeness (QED) is 0.418. The summed E-state index contributed by atoms with van der Waals surface area (Å²) in [5, 5.41) is 6.70. The van der Waals surface area contributed by atoms with E-state index in [1.165, 1.54) is 25.7 Å². The van der Waals surface area contributed by atoms with Gasteiger partial charge in [-0.1, -0.05) is 32.3 Å². The fraction of sp³-hybridized carbons (Fsp3) is 0.647. The zero-order chi connectivity index (χ0) is 16.2. The number of nitrogens with zero attached hydrogens (tertiary/aromatic N) is 3. The predicted octanol–water partition coefficient (Wildman–Crippen LogP) is 2.78. The van der Waals surface area contributed by atoms with Crippen LogP contribution in [0.25, 0.3) is 0 Å². The average molecular weight is 305 g/mol. The summed E-state index contributed by atoms with van der Waals surface area (Å²) in [5.74, 6) is 1.86. The molecule has 1 rings (SSSR count). The summed E-state index contributed by atoms with van der Waals surface area (Å²) in [6, 6.07) is 4.04. The predicted molar refractivity (Wildman–Crippen MR) is 95.5 cm³/mol. The molecule has 124 valence electrons. The van der Waals surface area contributed by atoms with Gasteiger partial charge in [-0.3, -0.25) is 0 Å². The lowest BCUT2D eigenvalue weighted by atomic mass is 10.2. The van der Waals surface area contributed by atoms with Crippen molar-refractivity contribution < 1.29 is 0 Å². The second-order valence-electron chi connectivity index (χ2n) is 5.56. The minimum absolute atomic E-state index is 0.631. The van der Waals surface area contributed by atoms with Crippen LogP contribution in [0.5, 0.6) is 0 Å². The summed E-state index contributed by atoms with van der Waals surface area (Å²) in [7, 11) is 4.01. The van der Waals surface area contributed by atoms with Crippen molar-refractivity contribution in [2.24, 2.45) is 4.99 Å². The molecule has 0 aliphatic rings. The highest BCUT2D eigenvalue weighted by molar-refractivity contribution is 5.79. The number of anilines is 1. The number of unbranched alkanes of at least 4 members (excludes halogenated alkanes) is 3. The Bertz CT molecular complexity index is 442. The van der Waals surface area contributed by atoms with Crippen LogP contribution in [0, 0.1) is 0 Å². The third kappa shape index (κ3) is 6.78. The van der Waals surface area contributed by atoms with Gasteiger partial charge >= 0.3 is 0 Å². The van der Waals surface area contributed by atoms with Gasteiger partial charge in [0.25, 0.3) is 0 Å². The molecular formula is C17H31N5. The van der Waals surface area contributed by atoms with Crippen molar-refractivity contribution >= 4 is 11.8 Å². The molecule has 5 heteroatoms. The van der Waals surface area contributed by atoms with Crippen molar-refractivity contribution in [2.45, 2.75) is 46.1 Å². The minimum Gasteiger partial charge on any atom is -0.362 e. The van der Waals surface area contributed by atoms with Crippen molar-refractivity contribution in [2.75, 3.05) is 32.1 Å². The van der Waals surface area contributed by atoms with Crippen LogP contribution in [0.3, 0.4) is 0 Å². The van der Waals surface area contributed by atoms with E-state index in [4.69, 9.17) is 0 Å². The summed E-state index contributed by atoms with van der Waals surface area (Å²) in [4.78, 5) is 11.1. The number of pyridine rings is 1. The molecule has 0 unspecified atom stereocenters. The molecule has 0 amide bonds. The van der Waals surface area contributed by atoms with Crippen LogP contribution in [0.15, 0.2) is 23.3 Å². The molecule has 0 aliphatic carbocycles. The topological polar surface area (TPSA) is 52.6 Å². The van der Waals surface area contributed by atoms with E-state index in [0.29, 0.717) is 6.54 Å². The normalized spacial score (nSPS) is 11.4. The molecule has 0 bridgehead atoms. The lowest BCUT2D eigenvalue weighted by molar-refractivity contribution is 0.647. The molecule has 1 aromatic rings. The van der Waals surface area contributed by atoms with Crippen LogP contribution >= 0.6 is 0 Å². The fourth-order valence-corrected chi connectivity index (χ4v) is 2.22. The number of aromatic nitrogens is 1. The maximum Gasteiger partial charge on any atom is 0.191 e. The van der Waals surface area contributed by atoms with Gasteiger partial charge in [0.1, 0.15) is 5.82 Å². The first-order chi connectivity index (χ1) is 10.7. The first-order valence-corrected chi connectivity index (χ1v) is 8.32. The van der Waals surface area contributed by atoms with Crippen LogP contribution in [0.2, 0.25) is 0 Å². The van der Waals surface area contributed by atoms with Crippen LogP contribution in [0.4, 0.5) is 5.82 Å². The Morgan fingerprint density at radius 2 is 2.00 bits per heavy atom. The second kappa shape index (κ2) is 10.9. The standard InChI is InChI=1S/C17H31N5/c1-5-7-8-9-12-20-17(18-6-2)21-14-15-11-10-13-19-16(15)22(3)4/h10-11,13H,5-9,12,14H2,1-4H3,(H2,18,20,21). The van der Waals surface area contributed by atoms with Crippen molar-refractivity contribution in [3.8, 4) is 0 Å². The molecule has 0 aliphatic heterocycles. The summed E-state index contributed by atoms with van der Waals surface area (Å²) in [6.45, 7) is 6.79. The summed E-state index contributed by atoms with van der Waals surface area (Å²) in [5.41, 5.74) is 1.13. The maximum atomic E-state index is 4.67. The van der Waals surface area contributed by atoms with Gasteiger partial charge in [-0.25, -0.2) is 9.98 Å². The van der Waals surface area contributed by atoms with E-state index in [-0.39, 0.29) is 0 Å². The molecule has 1 aromatic heterocycles. The Morgan fingerprint density at radius 1 is 1.18 bits per heavy atom. The number of guanidine groups is 1. The highest BCUT2D eigenvalue weighted by Crippen LogP contribution is 2.15. The molecular weight excluding hydrogens is 274 g/mol. The number of hydrogen-bond acceptors (Lipinski definition) is 3. The molecule has 5 nitrogen and oxygen atoms in total. The lowest BCUT2D eigenvalue weighted by Gasteiger charge is -2.15. The smallest absolute Gasteiger partial charge is 0.191 e. The van der Waals surface area contributed by atoms with E-state index in [1.54, 1.807) is 0 Å². The molecule has 0 aromatic carbocycles.